The topological polar surface area (TPSA) is 50.4 Å². The molecule has 3 heteroatoms. The normalized spacial score (nSPS) is 16.2. The van der Waals surface area contributed by atoms with E-state index in [1.54, 1.807) is 6.07 Å². The van der Waals surface area contributed by atoms with Gasteiger partial charge in [-0.25, -0.2) is 4.79 Å². The minimum absolute atomic E-state index is 0.251. The molecule has 0 spiro atoms. The van der Waals surface area contributed by atoms with Crippen LogP contribution in [0, 0.1) is 0 Å². The first-order valence-corrected chi connectivity index (χ1v) is 4.96. The molecule has 1 aliphatic rings. The van der Waals surface area contributed by atoms with Crippen molar-refractivity contribution >= 4 is 5.97 Å². The molecule has 1 saturated carbocycles. The zero-order valence-corrected chi connectivity index (χ0v) is 8.41. The summed E-state index contributed by atoms with van der Waals surface area (Å²) in [4.78, 5) is 10.9. The van der Waals surface area contributed by atoms with Gasteiger partial charge in [0.05, 0.1) is 0 Å². The van der Waals surface area contributed by atoms with Gasteiger partial charge in [0.2, 0.25) is 0 Å². The molecule has 0 amide bonds. The second kappa shape index (κ2) is 3.15. The standard InChI is InChI=1S/C11H14O3/c1-6(2)9-5-8(11(12)13)10(14-9)7-3-4-7/h5-7H,3-4H2,1-2H3,(H,12,13). The SMILES string of the molecule is CC(C)c1cc(C(=O)O)c(C2CC2)o1. The maximum absolute atomic E-state index is 10.9. The number of carbonyl (C=O) groups is 1. The minimum atomic E-state index is -0.873. The Balaban J connectivity index is 2.40. The summed E-state index contributed by atoms with van der Waals surface area (Å²) in [6, 6.07) is 1.67. The van der Waals surface area contributed by atoms with Crippen molar-refractivity contribution in [3.8, 4) is 0 Å². The van der Waals surface area contributed by atoms with Crippen LogP contribution in [0.2, 0.25) is 0 Å². The monoisotopic (exact) mass is 194 g/mol. The molecule has 76 valence electrons. The molecule has 14 heavy (non-hydrogen) atoms. The molecular formula is C11H14O3. The Morgan fingerprint density at radius 1 is 1.57 bits per heavy atom. The highest BCUT2D eigenvalue weighted by atomic mass is 16.4. The third kappa shape index (κ3) is 1.54. The fourth-order valence-corrected chi connectivity index (χ4v) is 1.53. The smallest absolute Gasteiger partial charge is 0.339 e. The number of furan rings is 1. The summed E-state index contributed by atoms with van der Waals surface area (Å²) >= 11 is 0. The van der Waals surface area contributed by atoms with E-state index in [4.69, 9.17) is 9.52 Å². The van der Waals surface area contributed by atoms with E-state index in [1.807, 2.05) is 13.8 Å². The summed E-state index contributed by atoms with van der Waals surface area (Å²) in [5.74, 6) is 1.20. The summed E-state index contributed by atoms with van der Waals surface area (Å²) in [5.41, 5.74) is 0.358. The van der Waals surface area contributed by atoms with E-state index in [9.17, 15) is 4.79 Å². The molecule has 0 bridgehead atoms. The van der Waals surface area contributed by atoms with Crippen LogP contribution in [0.1, 0.15) is 60.4 Å². The number of carboxylic acid groups (broad SMARTS) is 1. The third-order valence-electron chi connectivity index (χ3n) is 2.53. The highest BCUT2D eigenvalue weighted by Gasteiger charge is 2.32. The summed E-state index contributed by atoms with van der Waals surface area (Å²) in [6.45, 7) is 4.00. The van der Waals surface area contributed by atoms with Crippen LogP contribution in [-0.2, 0) is 0 Å². The van der Waals surface area contributed by atoms with Crippen molar-refractivity contribution in [2.24, 2.45) is 0 Å². The third-order valence-corrected chi connectivity index (χ3v) is 2.53. The zero-order valence-electron chi connectivity index (χ0n) is 8.41. The van der Waals surface area contributed by atoms with Gasteiger partial charge in [0.15, 0.2) is 0 Å². The number of rotatable bonds is 3. The highest BCUT2D eigenvalue weighted by molar-refractivity contribution is 5.89. The summed E-state index contributed by atoms with van der Waals surface area (Å²) in [6.07, 6.45) is 2.12. The van der Waals surface area contributed by atoms with E-state index in [2.05, 4.69) is 0 Å². The Kier molecular flexibility index (Phi) is 2.10. The molecule has 0 aliphatic heterocycles. The van der Waals surface area contributed by atoms with Crippen LogP contribution >= 0.6 is 0 Å². The fraction of sp³-hybridized carbons (Fsp3) is 0.545. The van der Waals surface area contributed by atoms with Crippen molar-refractivity contribution in [2.45, 2.75) is 38.5 Å². The van der Waals surface area contributed by atoms with Crippen molar-refractivity contribution in [2.75, 3.05) is 0 Å². The van der Waals surface area contributed by atoms with Gasteiger partial charge in [0.25, 0.3) is 0 Å². The highest BCUT2D eigenvalue weighted by Crippen LogP contribution is 2.43. The molecule has 3 nitrogen and oxygen atoms in total. The molecule has 1 aromatic heterocycles. The lowest BCUT2D eigenvalue weighted by molar-refractivity contribution is 0.0694. The molecule has 0 atom stereocenters. The molecule has 1 fully saturated rings. The van der Waals surface area contributed by atoms with Gasteiger partial charge < -0.3 is 9.52 Å². The molecule has 1 heterocycles. The number of hydrogen-bond acceptors (Lipinski definition) is 2. The van der Waals surface area contributed by atoms with Crippen molar-refractivity contribution in [3.63, 3.8) is 0 Å². The van der Waals surface area contributed by atoms with E-state index in [-0.39, 0.29) is 5.92 Å². The van der Waals surface area contributed by atoms with Gasteiger partial charge in [-0.15, -0.1) is 0 Å². The molecule has 1 N–H and O–H groups in total. The quantitative estimate of drug-likeness (QED) is 0.804. The van der Waals surface area contributed by atoms with E-state index in [0.29, 0.717) is 17.2 Å². The Hall–Kier alpha value is -1.25. The Labute approximate surface area is 82.7 Å². The maximum atomic E-state index is 10.9. The van der Waals surface area contributed by atoms with Crippen LogP contribution in [-0.4, -0.2) is 11.1 Å². The summed E-state index contributed by atoms with van der Waals surface area (Å²) in [7, 11) is 0. The van der Waals surface area contributed by atoms with E-state index in [0.717, 1.165) is 18.6 Å². The van der Waals surface area contributed by atoms with Crippen LogP contribution in [0.25, 0.3) is 0 Å². The largest absolute Gasteiger partial charge is 0.478 e. The first kappa shape index (κ1) is 9.31. The van der Waals surface area contributed by atoms with Crippen molar-refractivity contribution in [3.05, 3.63) is 23.2 Å². The molecule has 1 aliphatic carbocycles. The molecule has 0 unspecified atom stereocenters. The van der Waals surface area contributed by atoms with Crippen LogP contribution in [0.15, 0.2) is 10.5 Å². The van der Waals surface area contributed by atoms with Crippen LogP contribution in [0.4, 0.5) is 0 Å². The second-order valence-corrected chi connectivity index (χ2v) is 4.16. The van der Waals surface area contributed by atoms with E-state index < -0.39 is 5.97 Å². The lowest BCUT2D eigenvalue weighted by atomic mass is 10.1. The van der Waals surface area contributed by atoms with Gasteiger partial charge in [-0.2, -0.15) is 0 Å². The van der Waals surface area contributed by atoms with Crippen molar-refractivity contribution in [1.82, 2.24) is 0 Å². The predicted molar refractivity (Wildman–Crippen MR) is 51.7 cm³/mol. The Morgan fingerprint density at radius 2 is 2.21 bits per heavy atom. The number of aromatic carboxylic acids is 1. The Morgan fingerprint density at radius 3 is 2.64 bits per heavy atom. The summed E-state index contributed by atoms with van der Waals surface area (Å²) < 4.78 is 5.58. The van der Waals surface area contributed by atoms with Gasteiger partial charge in [0.1, 0.15) is 17.1 Å². The maximum Gasteiger partial charge on any atom is 0.339 e. The molecule has 2 rings (SSSR count). The average Bonchev–Trinajstić information content (AvgIpc) is 2.83. The van der Waals surface area contributed by atoms with Gasteiger partial charge >= 0.3 is 5.97 Å². The lowest BCUT2D eigenvalue weighted by Gasteiger charge is -1.97. The van der Waals surface area contributed by atoms with Crippen LogP contribution in [0.3, 0.4) is 0 Å². The Bertz CT molecular complexity index is 359. The molecule has 0 radical (unpaired) electrons. The van der Waals surface area contributed by atoms with Gasteiger partial charge in [-0.3, -0.25) is 0 Å². The van der Waals surface area contributed by atoms with Gasteiger partial charge in [-0.1, -0.05) is 13.8 Å². The van der Waals surface area contributed by atoms with Gasteiger partial charge in [-0.05, 0) is 18.9 Å². The molecule has 0 aromatic carbocycles. The molecule has 0 saturated heterocycles. The molecular weight excluding hydrogens is 180 g/mol. The first-order chi connectivity index (χ1) is 6.59. The first-order valence-electron chi connectivity index (χ1n) is 4.96. The van der Waals surface area contributed by atoms with E-state index in [1.165, 1.54) is 0 Å². The van der Waals surface area contributed by atoms with Crippen molar-refractivity contribution < 1.29 is 14.3 Å². The summed E-state index contributed by atoms with van der Waals surface area (Å²) in [5, 5.41) is 8.98. The van der Waals surface area contributed by atoms with E-state index >= 15 is 0 Å². The second-order valence-electron chi connectivity index (χ2n) is 4.16. The van der Waals surface area contributed by atoms with Gasteiger partial charge in [0, 0.05) is 11.8 Å². The zero-order chi connectivity index (χ0) is 10.3. The lowest BCUT2D eigenvalue weighted by Crippen LogP contribution is -1.97. The fourth-order valence-electron chi connectivity index (χ4n) is 1.53. The number of carboxylic acids is 1. The average molecular weight is 194 g/mol. The predicted octanol–water partition coefficient (Wildman–Crippen LogP) is 2.98. The minimum Gasteiger partial charge on any atom is -0.478 e. The van der Waals surface area contributed by atoms with Crippen LogP contribution < -0.4 is 0 Å². The number of hydrogen-bond donors (Lipinski definition) is 1. The van der Waals surface area contributed by atoms with Crippen LogP contribution in [0.5, 0.6) is 0 Å². The van der Waals surface area contributed by atoms with Crippen molar-refractivity contribution in [1.29, 1.82) is 0 Å². The molecule has 1 aromatic rings.